The molecular formula is C22H26BrNO5S. The molecule has 0 bridgehead atoms. The number of nitrogens with one attached hydrogen (secondary N) is 1. The van der Waals surface area contributed by atoms with Crippen LogP contribution in [0.25, 0.3) is 0 Å². The van der Waals surface area contributed by atoms with Crippen LogP contribution in [-0.4, -0.2) is 42.7 Å². The largest absolute Gasteiger partial charge is 0.490 e. The van der Waals surface area contributed by atoms with Gasteiger partial charge in [-0.2, -0.15) is 0 Å². The van der Waals surface area contributed by atoms with Crippen molar-refractivity contribution in [2.24, 2.45) is 0 Å². The summed E-state index contributed by atoms with van der Waals surface area (Å²) >= 11 is 5.14. The molecule has 1 aliphatic rings. The zero-order valence-electron chi connectivity index (χ0n) is 17.2. The van der Waals surface area contributed by atoms with Gasteiger partial charge in [0.15, 0.2) is 11.5 Å². The molecule has 2 N–H and O–H groups in total. The Labute approximate surface area is 189 Å². The van der Waals surface area contributed by atoms with Gasteiger partial charge < -0.3 is 19.3 Å². The fourth-order valence-corrected chi connectivity index (χ4v) is 4.99. The summed E-state index contributed by atoms with van der Waals surface area (Å²) in [5.74, 6) is 1.77. The van der Waals surface area contributed by atoms with Gasteiger partial charge in [0.05, 0.1) is 16.5 Å². The van der Waals surface area contributed by atoms with Crippen LogP contribution in [-0.2, 0) is 4.79 Å². The van der Waals surface area contributed by atoms with Crippen molar-refractivity contribution in [3.05, 3.63) is 51.5 Å². The average Bonchev–Trinajstić information content (AvgIpc) is 3.19. The number of aliphatic carboxylic acids is 1. The number of halogens is 1. The normalized spacial score (nSPS) is 18.3. The fourth-order valence-electron chi connectivity index (χ4n) is 3.21. The molecule has 162 valence electrons. The molecule has 1 fully saturated rings. The monoisotopic (exact) mass is 495 g/mol. The molecule has 30 heavy (non-hydrogen) atoms. The van der Waals surface area contributed by atoms with Crippen LogP contribution in [0.5, 0.6) is 17.2 Å². The van der Waals surface area contributed by atoms with Crippen LogP contribution in [0.15, 0.2) is 34.8 Å². The summed E-state index contributed by atoms with van der Waals surface area (Å²) in [5, 5.41) is 12.2. The standard InChI is InChI=1S/C22H26BrNO5S/c1-4-27-19-11-15(21-24-17(12-30-21)22(25)26)10-16(23)20(19)29-8-7-28-18-6-5-13(2)9-14(18)3/h5-6,9-11,17,21,24H,4,7-8,12H2,1-3H3,(H,25,26). The Hall–Kier alpha value is -1.90. The lowest BCUT2D eigenvalue weighted by Crippen LogP contribution is -2.33. The zero-order chi connectivity index (χ0) is 21.7. The highest BCUT2D eigenvalue weighted by molar-refractivity contribution is 9.10. The van der Waals surface area contributed by atoms with Crippen molar-refractivity contribution >= 4 is 33.7 Å². The summed E-state index contributed by atoms with van der Waals surface area (Å²) in [4.78, 5) is 11.2. The molecule has 2 aromatic carbocycles. The Morgan fingerprint density at radius 1 is 1.17 bits per heavy atom. The lowest BCUT2D eigenvalue weighted by Gasteiger charge is -2.18. The summed E-state index contributed by atoms with van der Waals surface area (Å²) in [7, 11) is 0. The van der Waals surface area contributed by atoms with E-state index in [0.717, 1.165) is 21.3 Å². The second-order valence-corrected chi connectivity index (χ2v) is 8.99. The third kappa shape index (κ3) is 5.62. The maximum Gasteiger partial charge on any atom is 0.321 e. The SMILES string of the molecule is CCOc1cc(C2NC(C(=O)O)CS2)cc(Br)c1OCCOc1ccc(C)cc1C. The van der Waals surface area contributed by atoms with Crippen LogP contribution in [0.3, 0.4) is 0 Å². The van der Waals surface area contributed by atoms with Gasteiger partial charge in [0, 0.05) is 5.75 Å². The molecule has 2 unspecified atom stereocenters. The number of benzene rings is 2. The number of ether oxygens (including phenoxy) is 3. The van der Waals surface area contributed by atoms with Crippen molar-refractivity contribution in [1.29, 1.82) is 0 Å². The molecule has 3 rings (SSSR count). The summed E-state index contributed by atoms with van der Waals surface area (Å²) in [6.45, 7) is 7.26. The molecule has 0 saturated carbocycles. The average molecular weight is 496 g/mol. The number of carboxylic acid groups (broad SMARTS) is 1. The molecule has 1 aliphatic heterocycles. The molecule has 0 aliphatic carbocycles. The molecule has 6 nitrogen and oxygen atoms in total. The topological polar surface area (TPSA) is 77.0 Å². The third-order valence-corrected chi connectivity index (χ3v) is 6.49. The van der Waals surface area contributed by atoms with Gasteiger partial charge in [-0.3, -0.25) is 10.1 Å². The van der Waals surface area contributed by atoms with Gasteiger partial charge in [-0.1, -0.05) is 17.7 Å². The van der Waals surface area contributed by atoms with Gasteiger partial charge >= 0.3 is 5.97 Å². The molecule has 1 heterocycles. The van der Waals surface area contributed by atoms with Crippen molar-refractivity contribution in [2.75, 3.05) is 25.6 Å². The van der Waals surface area contributed by atoms with Gasteiger partial charge in [0.2, 0.25) is 0 Å². The Bertz CT molecular complexity index is 907. The van der Waals surface area contributed by atoms with Crippen molar-refractivity contribution < 1.29 is 24.1 Å². The first-order valence-corrected chi connectivity index (χ1v) is 11.6. The van der Waals surface area contributed by atoms with E-state index in [-0.39, 0.29) is 5.37 Å². The van der Waals surface area contributed by atoms with Crippen LogP contribution in [0, 0.1) is 13.8 Å². The van der Waals surface area contributed by atoms with E-state index in [0.29, 0.717) is 37.1 Å². The first-order chi connectivity index (χ1) is 14.4. The molecule has 0 aromatic heterocycles. The number of rotatable bonds is 9. The van der Waals surface area contributed by atoms with Crippen molar-refractivity contribution in [1.82, 2.24) is 5.32 Å². The second-order valence-electron chi connectivity index (χ2n) is 7.00. The fraction of sp³-hybridized carbons (Fsp3) is 0.409. The lowest BCUT2D eigenvalue weighted by molar-refractivity contribution is -0.138. The van der Waals surface area contributed by atoms with E-state index in [9.17, 15) is 9.90 Å². The zero-order valence-corrected chi connectivity index (χ0v) is 19.6. The lowest BCUT2D eigenvalue weighted by atomic mass is 10.1. The third-order valence-electron chi connectivity index (χ3n) is 4.63. The molecule has 2 atom stereocenters. The number of aryl methyl sites for hydroxylation is 2. The molecule has 2 aromatic rings. The summed E-state index contributed by atoms with van der Waals surface area (Å²) < 4.78 is 18.4. The summed E-state index contributed by atoms with van der Waals surface area (Å²) in [6.07, 6.45) is 0. The van der Waals surface area contributed by atoms with E-state index >= 15 is 0 Å². The summed E-state index contributed by atoms with van der Waals surface area (Å²) in [5.41, 5.74) is 3.24. The van der Waals surface area contributed by atoms with E-state index in [2.05, 4.69) is 34.2 Å². The van der Waals surface area contributed by atoms with Crippen LogP contribution < -0.4 is 19.5 Å². The first kappa shape index (κ1) is 22.8. The maximum absolute atomic E-state index is 11.2. The first-order valence-electron chi connectivity index (χ1n) is 9.78. The van der Waals surface area contributed by atoms with Crippen molar-refractivity contribution in [3.63, 3.8) is 0 Å². The minimum atomic E-state index is -0.835. The minimum Gasteiger partial charge on any atom is -0.490 e. The van der Waals surface area contributed by atoms with Gasteiger partial charge in [-0.25, -0.2) is 0 Å². The van der Waals surface area contributed by atoms with Crippen LogP contribution in [0.4, 0.5) is 0 Å². The minimum absolute atomic E-state index is 0.108. The highest BCUT2D eigenvalue weighted by Crippen LogP contribution is 2.42. The number of thioether (sulfide) groups is 1. The van der Waals surface area contributed by atoms with E-state index in [1.54, 1.807) is 11.8 Å². The molecule has 0 spiro atoms. The smallest absolute Gasteiger partial charge is 0.321 e. The predicted molar refractivity (Wildman–Crippen MR) is 122 cm³/mol. The second kappa shape index (κ2) is 10.4. The van der Waals surface area contributed by atoms with E-state index in [1.807, 2.05) is 38.1 Å². The number of hydrogen-bond donors (Lipinski definition) is 2. The van der Waals surface area contributed by atoms with E-state index in [4.69, 9.17) is 14.2 Å². The molecule has 0 amide bonds. The Morgan fingerprint density at radius 3 is 2.60 bits per heavy atom. The Morgan fingerprint density at radius 2 is 1.93 bits per heavy atom. The summed E-state index contributed by atoms with van der Waals surface area (Å²) in [6, 6.07) is 9.38. The highest BCUT2D eigenvalue weighted by Gasteiger charge is 2.31. The molecule has 0 radical (unpaired) electrons. The van der Waals surface area contributed by atoms with Gasteiger partial charge in [0.25, 0.3) is 0 Å². The van der Waals surface area contributed by atoms with Gasteiger partial charge in [-0.15, -0.1) is 11.8 Å². The Balaban J connectivity index is 1.66. The number of carbonyl (C=O) groups is 1. The number of hydrogen-bond acceptors (Lipinski definition) is 6. The van der Waals surface area contributed by atoms with Crippen molar-refractivity contribution in [3.8, 4) is 17.2 Å². The maximum atomic E-state index is 11.2. The van der Waals surface area contributed by atoms with E-state index < -0.39 is 12.0 Å². The Kier molecular flexibility index (Phi) is 7.91. The van der Waals surface area contributed by atoms with Gasteiger partial charge in [-0.05, 0) is 66.0 Å². The quantitative estimate of drug-likeness (QED) is 0.487. The van der Waals surface area contributed by atoms with Crippen LogP contribution in [0.2, 0.25) is 0 Å². The highest BCUT2D eigenvalue weighted by atomic mass is 79.9. The van der Waals surface area contributed by atoms with E-state index in [1.165, 1.54) is 5.56 Å². The molecule has 8 heteroatoms. The predicted octanol–water partition coefficient (Wildman–Crippen LogP) is 4.71. The number of carboxylic acids is 1. The van der Waals surface area contributed by atoms with Crippen molar-refractivity contribution in [2.45, 2.75) is 32.2 Å². The molecule has 1 saturated heterocycles. The van der Waals surface area contributed by atoms with Crippen LogP contribution in [0.1, 0.15) is 29.0 Å². The van der Waals surface area contributed by atoms with Gasteiger partial charge in [0.1, 0.15) is 25.0 Å². The van der Waals surface area contributed by atoms with Crippen LogP contribution >= 0.6 is 27.7 Å². The molecular weight excluding hydrogens is 470 g/mol.